The number of nitrogens with zero attached hydrogens (tertiary/aromatic N) is 1. The first-order chi connectivity index (χ1) is 3.31. The fourth-order valence-electron chi connectivity index (χ4n) is 0.408. The number of rotatable bonds is 3. The summed E-state index contributed by atoms with van der Waals surface area (Å²) in [4.78, 5) is 10.3. The summed E-state index contributed by atoms with van der Waals surface area (Å²) < 4.78 is 1.06. The van der Waals surface area contributed by atoms with Crippen LogP contribution in [-0.2, 0) is 0 Å². The highest BCUT2D eigenvalue weighted by Crippen LogP contribution is 1.76. The molecule has 7 heavy (non-hydrogen) atoms. The minimum absolute atomic E-state index is 0.619. The molecule has 0 spiro atoms. The minimum Gasteiger partial charge on any atom is -0.0592 e. The van der Waals surface area contributed by atoms with Crippen LogP contribution in [0.15, 0.2) is 0 Å². The zero-order valence-electron chi connectivity index (χ0n) is 4.98. The molecule has 0 aromatic rings. The monoisotopic (exact) mass is 102 g/mol. The van der Waals surface area contributed by atoms with Gasteiger partial charge >= 0.3 is 0 Å². The molecule has 0 rings (SSSR count). The van der Waals surface area contributed by atoms with Crippen molar-refractivity contribution in [3.05, 3.63) is 4.91 Å². The van der Waals surface area contributed by atoms with Gasteiger partial charge in [-0.25, -0.2) is 0 Å². The lowest BCUT2D eigenvalue weighted by atomic mass is 10.5. The third-order valence-corrected chi connectivity index (χ3v) is 0.826. The molecule has 0 bridgehead atoms. The Bertz CT molecular complexity index is 61.1. The molecule has 0 unspecified atom stereocenters. The lowest BCUT2D eigenvalue weighted by Gasteiger charge is -1.81. The highest BCUT2D eigenvalue weighted by Gasteiger charge is 1.97. The van der Waals surface area contributed by atoms with Crippen LogP contribution in [-0.4, -0.2) is 17.8 Å². The maximum absolute atomic E-state index is 10.3. The third-order valence-electron chi connectivity index (χ3n) is 0.826. The first-order valence-electron chi connectivity index (χ1n) is 2.73. The SMILES string of the molecule is CCC[N+](=O)CC. The number of hydrogen-bond acceptors (Lipinski definition) is 1. The Balaban J connectivity index is 3.00. The van der Waals surface area contributed by atoms with Crippen molar-refractivity contribution in [2.75, 3.05) is 13.1 Å². The first-order valence-corrected chi connectivity index (χ1v) is 2.73. The molecule has 0 radical (unpaired) electrons. The quantitative estimate of drug-likeness (QED) is 0.490. The van der Waals surface area contributed by atoms with E-state index in [0.717, 1.165) is 11.2 Å². The summed E-state index contributed by atoms with van der Waals surface area (Å²) in [6.07, 6.45) is 0.956. The maximum atomic E-state index is 10.3. The van der Waals surface area contributed by atoms with Crippen LogP contribution < -0.4 is 0 Å². The zero-order valence-corrected chi connectivity index (χ0v) is 4.98. The summed E-state index contributed by atoms with van der Waals surface area (Å²) in [6, 6.07) is 0. The van der Waals surface area contributed by atoms with Crippen molar-refractivity contribution < 1.29 is 4.76 Å². The molecule has 0 amide bonds. The molecule has 0 aliphatic heterocycles. The van der Waals surface area contributed by atoms with Gasteiger partial charge in [0.25, 0.3) is 0 Å². The van der Waals surface area contributed by atoms with Crippen LogP contribution in [0.2, 0.25) is 0 Å². The summed E-state index contributed by atoms with van der Waals surface area (Å²) in [6.45, 7) is 5.16. The van der Waals surface area contributed by atoms with Gasteiger partial charge in [0.1, 0.15) is 0 Å². The van der Waals surface area contributed by atoms with E-state index < -0.39 is 0 Å². The van der Waals surface area contributed by atoms with Crippen molar-refractivity contribution in [1.82, 2.24) is 0 Å². The van der Waals surface area contributed by atoms with E-state index in [2.05, 4.69) is 0 Å². The van der Waals surface area contributed by atoms with E-state index in [-0.39, 0.29) is 0 Å². The smallest absolute Gasteiger partial charge is 0.0592 e. The maximum Gasteiger partial charge on any atom is 0.191 e. The van der Waals surface area contributed by atoms with Gasteiger partial charge < -0.3 is 0 Å². The molecule has 0 fully saturated rings. The van der Waals surface area contributed by atoms with Crippen molar-refractivity contribution in [2.24, 2.45) is 0 Å². The van der Waals surface area contributed by atoms with E-state index in [1.54, 1.807) is 0 Å². The van der Waals surface area contributed by atoms with Crippen LogP contribution in [0.1, 0.15) is 20.3 Å². The molecule has 0 atom stereocenters. The Morgan fingerprint density at radius 2 is 2.00 bits per heavy atom. The van der Waals surface area contributed by atoms with Gasteiger partial charge in [-0.15, -0.1) is 0 Å². The van der Waals surface area contributed by atoms with Crippen LogP contribution in [0.5, 0.6) is 0 Å². The van der Waals surface area contributed by atoms with Crippen LogP contribution in [0.3, 0.4) is 0 Å². The van der Waals surface area contributed by atoms with E-state index >= 15 is 0 Å². The lowest BCUT2D eigenvalue weighted by molar-refractivity contribution is -0.545. The lowest BCUT2D eigenvalue weighted by Crippen LogP contribution is -2.06. The predicted octanol–water partition coefficient (Wildman–Crippen LogP) is 1.20. The Labute approximate surface area is 44.1 Å². The molecule has 2 nitrogen and oxygen atoms in total. The molecule has 42 valence electrons. The van der Waals surface area contributed by atoms with Gasteiger partial charge in [-0.05, 0) is 11.7 Å². The topological polar surface area (TPSA) is 20.1 Å². The fourth-order valence-corrected chi connectivity index (χ4v) is 0.408. The van der Waals surface area contributed by atoms with Crippen molar-refractivity contribution in [1.29, 1.82) is 0 Å². The minimum atomic E-state index is 0.619. The van der Waals surface area contributed by atoms with Gasteiger partial charge in [0, 0.05) is 11.3 Å². The van der Waals surface area contributed by atoms with Gasteiger partial charge in [0.2, 0.25) is 0 Å². The van der Waals surface area contributed by atoms with Crippen molar-refractivity contribution in [3.8, 4) is 0 Å². The van der Waals surface area contributed by atoms with Crippen molar-refractivity contribution >= 4 is 0 Å². The highest BCUT2D eigenvalue weighted by atomic mass is 16.3. The predicted molar refractivity (Wildman–Crippen MR) is 29.3 cm³/mol. The second-order valence-electron chi connectivity index (χ2n) is 1.52. The average Bonchev–Trinajstić information content (AvgIpc) is 1.68. The second kappa shape index (κ2) is 3.78. The Morgan fingerprint density at radius 1 is 1.43 bits per heavy atom. The van der Waals surface area contributed by atoms with E-state index in [9.17, 15) is 4.91 Å². The second-order valence-corrected chi connectivity index (χ2v) is 1.52. The van der Waals surface area contributed by atoms with Crippen molar-refractivity contribution in [2.45, 2.75) is 20.3 Å². The molecule has 0 heterocycles. The van der Waals surface area contributed by atoms with Gasteiger partial charge in [-0.1, -0.05) is 6.92 Å². The molecular weight excluding hydrogens is 90.1 g/mol. The Hall–Kier alpha value is -0.400. The molecule has 0 aromatic heterocycles. The average molecular weight is 102 g/mol. The summed E-state index contributed by atoms with van der Waals surface area (Å²) in [7, 11) is 0. The van der Waals surface area contributed by atoms with Gasteiger partial charge in [-0.3, -0.25) is 0 Å². The number of hydrogen-bond donors (Lipinski definition) is 0. The Morgan fingerprint density at radius 3 is 2.14 bits per heavy atom. The summed E-state index contributed by atoms with van der Waals surface area (Å²) in [5.74, 6) is 0. The Kier molecular flexibility index (Phi) is 3.56. The summed E-state index contributed by atoms with van der Waals surface area (Å²) in [5.41, 5.74) is 0. The molecule has 0 saturated heterocycles. The highest BCUT2D eigenvalue weighted by molar-refractivity contribution is 4.17. The molecule has 0 aromatic carbocycles. The standard InChI is InChI=1S/C5H12NO/c1-3-5-6(7)4-2/h3-5H2,1-2H3/q+1. The fraction of sp³-hybridized carbons (Fsp3) is 1.00. The van der Waals surface area contributed by atoms with E-state index in [1.165, 1.54) is 0 Å². The molecule has 2 heteroatoms. The van der Waals surface area contributed by atoms with Crippen LogP contribution in [0.4, 0.5) is 0 Å². The normalized spacial score (nSPS) is 8.86. The van der Waals surface area contributed by atoms with E-state index in [0.29, 0.717) is 13.1 Å². The molecule has 0 N–H and O–H groups in total. The summed E-state index contributed by atoms with van der Waals surface area (Å²) >= 11 is 0. The largest absolute Gasteiger partial charge is 0.191 e. The van der Waals surface area contributed by atoms with Crippen LogP contribution in [0.25, 0.3) is 0 Å². The van der Waals surface area contributed by atoms with Gasteiger partial charge in [0.05, 0.1) is 0 Å². The molecule has 0 aliphatic rings. The van der Waals surface area contributed by atoms with Gasteiger partial charge in [0.15, 0.2) is 13.1 Å². The van der Waals surface area contributed by atoms with E-state index in [4.69, 9.17) is 0 Å². The van der Waals surface area contributed by atoms with E-state index in [1.807, 2.05) is 13.8 Å². The molecule has 0 aliphatic carbocycles. The van der Waals surface area contributed by atoms with Gasteiger partial charge in [-0.2, -0.15) is 0 Å². The third kappa shape index (κ3) is 3.43. The zero-order chi connectivity index (χ0) is 5.70. The first kappa shape index (κ1) is 6.60. The van der Waals surface area contributed by atoms with Crippen LogP contribution >= 0.6 is 0 Å². The molecular formula is C5H12NO+. The molecule has 0 saturated carbocycles. The van der Waals surface area contributed by atoms with Crippen LogP contribution in [0, 0.1) is 4.91 Å². The summed E-state index contributed by atoms with van der Waals surface area (Å²) in [5, 5.41) is 0. The number of nitroso groups, excluding NO2 is 1. The van der Waals surface area contributed by atoms with Crippen molar-refractivity contribution in [3.63, 3.8) is 0 Å².